The lowest BCUT2D eigenvalue weighted by atomic mass is 10.2. The molecule has 0 unspecified atom stereocenters. The summed E-state index contributed by atoms with van der Waals surface area (Å²) in [6.45, 7) is 0.109. The maximum atomic E-state index is 12.6. The fourth-order valence-corrected chi connectivity index (χ4v) is 2.04. The molecule has 5 nitrogen and oxygen atoms in total. The second-order valence-electron chi connectivity index (χ2n) is 5.18. The molecule has 0 spiro atoms. The molecule has 0 aliphatic heterocycles. The quantitative estimate of drug-likeness (QED) is 0.776. The van der Waals surface area contributed by atoms with E-state index in [1.807, 2.05) is 6.07 Å². The van der Waals surface area contributed by atoms with Crippen molar-refractivity contribution in [2.24, 2.45) is 0 Å². The highest BCUT2D eigenvalue weighted by molar-refractivity contribution is 5.89. The Labute approximate surface area is 154 Å². The van der Waals surface area contributed by atoms with E-state index < -0.39 is 17.8 Å². The van der Waals surface area contributed by atoms with Gasteiger partial charge in [0, 0.05) is 5.69 Å². The molecule has 8 heteroatoms. The number of urea groups is 1. The molecule has 0 radical (unpaired) electrons. The highest BCUT2D eigenvalue weighted by Gasteiger charge is 2.30. The smallest absolute Gasteiger partial charge is 0.416 e. The third kappa shape index (κ3) is 6.47. The summed E-state index contributed by atoms with van der Waals surface area (Å²) >= 11 is 0. The summed E-state index contributed by atoms with van der Waals surface area (Å²) in [4.78, 5) is 11.7. The first-order valence-electron chi connectivity index (χ1n) is 7.84. The van der Waals surface area contributed by atoms with Crippen LogP contribution < -0.4 is 20.1 Å². The van der Waals surface area contributed by atoms with Crippen LogP contribution in [0.3, 0.4) is 0 Å². The number of nitrogens with one attached hydrogen (secondary N) is 2. The van der Waals surface area contributed by atoms with Gasteiger partial charge >= 0.3 is 12.2 Å². The van der Waals surface area contributed by atoms with Gasteiger partial charge in [-0.25, -0.2) is 4.79 Å². The van der Waals surface area contributed by atoms with E-state index >= 15 is 0 Å². The predicted molar refractivity (Wildman–Crippen MR) is 94.7 cm³/mol. The van der Waals surface area contributed by atoms with Gasteiger partial charge in [-0.3, -0.25) is 0 Å². The highest BCUT2D eigenvalue weighted by atomic mass is 19.4. The molecule has 27 heavy (non-hydrogen) atoms. The van der Waals surface area contributed by atoms with Gasteiger partial charge < -0.3 is 20.1 Å². The van der Waals surface area contributed by atoms with Crippen molar-refractivity contribution in [3.05, 3.63) is 54.1 Å². The van der Waals surface area contributed by atoms with E-state index in [2.05, 4.69) is 22.5 Å². The largest absolute Gasteiger partial charge is 0.493 e. The van der Waals surface area contributed by atoms with Crippen molar-refractivity contribution in [3.63, 3.8) is 0 Å². The molecule has 0 bridgehead atoms. The van der Waals surface area contributed by atoms with E-state index in [0.29, 0.717) is 11.5 Å². The number of carbonyl (C=O) groups excluding carboxylic acids is 1. The Morgan fingerprint density at radius 3 is 2.52 bits per heavy atom. The molecule has 0 aromatic heterocycles. The van der Waals surface area contributed by atoms with Gasteiger partial charge in [0.1, 0.15) is 6.61 Å². The second kappa shape index (κ2) is 9.38. The number of ether oxygens (including phenoxy) is 2. The summed E-state index contributed by atoms with van der Waals surface area (Å²) in [7, 11) is 1.53. The van der Waals surface area contributed by atoms with Crippen molar-refractivity contribution in [1.82, 2.24) is 5.32 Å². The minimum Gasteiger partial charge on any atom is -0.493 e. The van der Waals surface area contributed by atoms with Crippen molar-refractivity contribution in [2.45, 2.75) is 6.18 Å². The maximum Gasteiger partial charge on any atom is 0.416 e. The van der Waals surface area contributed by atoms with Gasteiger partial charge in [0.25, 0.3) is 0 Å². The van der Waals surface area contributed by atoms with E-state index in [4.69, 9.17) is 9.47 Å². The van der Waals surface area contributed by atoms with Crippen LogP contribution in [0.4, 0.5) is 23.7 Å². The standard InChI is InChI=1S/C19H17F3N2O3/c1-26-16-9-2-3-10-17(16)27-12-5-4-11-23-18(25)24-15-8-6-7-14(13-15)19(20,21)22/h2-3,6-10,13H,11-12H2,1H3,(H2,23,24,25). The summed E-state index contributed by atoms with van der Waals surface area (Å²) < 4.78 is 48.5. The van der Waals surface area contributed by atoms with Crippen LogP contribution in [-0.2, 0) is 6.18 Å². The zero-order valence-corrected chi connectivity index (χ0v) is 14.4. The fourth-order valence-electron chi connectivity index (χ4n) is 2.04. The minimum absolute atomic E-state index is 0.0140. The first kappa shape index (κ1) is 20.0. The van der Waals surface area contributed by atoms with E-state index in [0.717, 1.165) is 12.1 Å². The molecule has 2 N–H and O–H groups in total. The van der Waals surface area contributed by atoms with E-state index in [9.17, 15) is 18.0 Å². The molecule has 2 rings (SSSR count). The molecule has 0 heterocycles. The van der Waals surface area contributed by atoms with Crippen LogP contribution in [0.1, 0.15) is 5.56 Å². The summed E-state index contributed by atoms with van der Waals surface area (Å²) in [5.41, 5.74) is -0.802. The number of benzene rings is 2. The molecule has 0 aliphatic rings. The second-order valence-corrected chi connectivity index (χ2v) is 5.18. The minimum atomic E-state index is -4.47. The molecule has 2 aromatic rings. The Hall–Kier alpha value is -3.34. The van der Waals surface area contributed by atoms with Gasteiger partial charge in [0.15, 0.2) is 11.5 Å². The van der Waals surface area contributed by atoms with Gasteiger partial charge in [-0.15, -0.1) is 0 Å². The van der Waals surface area contributed by atoms with Crippen LogP contribution in [0.5, 0.6) is 11.5 Å². The molecule has 142 valence electrons. The van der Waals surface area contributed by atoms with Crippen LogP contribution in [0, 0.1) is 11.8 Å². The number of carbonyl (C=O) groups is 1. The number of alkyl halides is 3. The summed E-state index contributed by atoms with van der Waals surface area (Å²) in [6, 6.07) is 10.8. The average Bonchev–Trinajstić information content (AvgIpc) is 2.64. The van der Waals surface area contributed by atoms with E-state index in [1.165, 1.54) is 19.2 Å². The Morgan fingerprint density at radius 1 is 1.07 bits per heavy atom. The molecule has 0 atom stereocenters. The fraction of sp³-hybridized carbons (Fsp3) is 0.211. The van der Waals surface area contributed by atoms with Crippen molar-refractivity contribution < 1.29 is 27.4 Å². The summed E-state index contributed by atoms with van der Waals surface area (Å²) in [5, 5.41) is 4.75. The lowest BCUT2D eigenvalue weighted by Gasteiger charge is -2.09. The maximum absolute atomic E-state index is 12.6. The number of halogens is 3. The van der Waals surface area contributed by atoms with Crippen molar-refractivity contribution in [1.29, 1.82) is 0 Å². The zero-order chi connectivity index (χ0) is 19.7. The number of amides is 2. The van der Waals surface area contributed by atoms with Crippen molar-refractivity contribution in [2.75, 3.05) is 25.6 Å². The lowest BCUT2D eigenvalue weighted by Crippen LogP contribution is -2.29. The molecule has 2 amide bonds. The van der Waals surface area contributed by atoms with E-state index in [-0.39, 0.29) is 18.8 Å². The topological polar surface area (TPSA) is 59.6 Å². The number of rotatable bonds is 5. The molecule has 0 fully saturated rings. The van der Waals surface area contributed by atoms with Gasteiger partial charge in [0.05, 0.1) is 19.2 Å². The first-order chi connectivity index (χ1) is 12.9. The van der Waals surface area contributed by atoms with Crippen LogP contribution in [0.25, 0.3) is 0 Å². The van der Waals surface area contributed by atoms with Gasteiger partial charge in [-0.1, -0.05) is 30.0 Å². The SMILES string of the molecule is COc1ccccc1OCC#CCNC(=O)Nc1cccc(C(F)(F)F)c1. The zero-order valence-electron chi connectivity index (χ0n) is 14.4. The number of hydrogen-bond donors (Lipinski definition) is 2. The molecule has 0 saturated heterocycles. The van der Waals surface area contributed by atoms with E-state index in [1.54, 1.807) is 18.2 Å². The molecular formula is C19H17F3N2O3. The monoisotopic (exact) mass is 378 g/mol. The van der Waals surface area contributed by atoms with Crippen molar-refractivity contribution in [3.8, 4) is 23.3 Å². The lowest BCUT2D eigenvalue weighted by molar-refractivity contribution is -0.137. The molecule has 0 aliphatic carbocycles. The molecular weight excluding hydrogens is 361 g/mol. The number of anilines is 1. The Bertz CT molecular complexity index is 842. The number of para-hydroxylation sites is 2. The van der Waals surface area contributed by atoms with Crippen LogP contribution in [0.2, 0.25) is 0 Å². The average molecular weight is 378 g/mol. The first-order valence-corrected chi connectivity index (χ1v) is 7.84. The Balaban J connectivity index is 1.76. The number of hydrogen-bond acceptors (Lipinski definition) is 3. The van der Waals surface area contributed by atoms with Crippen LogP contribution in [-0.4, -0.2) is 26.3 Å². The summed E-state index contributed by atoms with van der Waals surface area (Å²) in [5.74, 6) is 6.52. The van der Waals surface area contributed by atoms with Crippen molar-refractivity contribution >= 4 is 11.7 Å². The van der Waals surface area contributed by atoms with Gasteiger partial charge in [0.2, 0.25) is 0 Å². The third-order valence-corrected chi connectivity index (χ3v) is 3.28. The Kier molecular flexibility index (Phi) is 6.94. The molecule has 0 saturated carbocycles. The number of methoxy groups -OCH3 is 1. The predicted octanol–water partition coefficient (Wildman–Crippen LogP) is 3.92. The van der Waals surface area contributed by atoms with Gasteiger partial charge in [-0.05, 0) is 30.3 Å². The third-order valence-electron chi connectivity index (χ3n) is 3.28. The van der Waals surface area contributed by atoms with Gasteiger partial charge in [-0.2, -0.15) is 13.2 Å². The molecule has 2 aromatic carbocycles. The Morgan fingerprint density at radius 2 is 1.81 bits per heavy atom. The van der Waals surface area contributed by atoms with Crippen LogP contribution in [0.15, 0.2) is 48.5 Å². The highest BCUT2D eigenvalue weighted by Crippen LogP contribution is 2.30. The normalized spacial score (nSPS) is 10.4. The van der Waals surface area contributed by atoms with Crippen LogP contribution >= 0.6 is 0 Å². The summed E-state index contributed by atoms with van der Waals surface area (Å²) in [6.07, 6.45) is -4.47.